The van der Waals surface area contributed by atoms with Gasteiger partial charge in [0.1, 0.15) is 31.5 Å². The van der Waals surface area contributed by atoms with E-state index in [2.05, 4.69) is 0 Å². The Labute approximate surface area is 136 Å². The summed E-state index contributed by atoms with van der Waals surface area (Å²) >= 11 is 0. The van der Waals surface area contributed by atoms with Gasteiger partial charge in [0.25, 0.3) is 4.92 Å². The van der Waals surface area contributed by atoms with E-state index in [1.807, 2.05) is 0 Å². The van der Waals surface area contributed by atoms with Gasteiger partial charge in [0, 0.05) is 15.8 Å². The van der Waals surface area contributed by atoms with E-state index in [0.717, 1.165) is 15.8 Å². The molecule has 9 heteroatoms. The average Bonchev–Trinajstić information content (AvgIpc) is 2.49. The first-order chi connectivity index (χ1) is 10.7. The third-order valence-corrected chi connectivity index (χ3v) is 5.56. The Kier molecular flexibility index (Phi) is 5.03. The molecule has 0 aromatic heterocycles. The van der Waals surface area contributed by atoms with Crippen LogP contribution in [0.15, 0.2) is 52.0 Å². The fourth-order valence-electron chi connectivity index (χ4n) is 1.97. The number of benzene rings is 1. The molecule has 1 aromatic rings. The van der Waals surface area contributed by atoms with Crippen LogP contribution in [0.3, 0.4) is 0 Å². The standard InChI is InChI=1S/C14H15NO6S2/c1-10-8-12(20-3)9-11(2)22(10)21-15(16)13-6-4-5-7-14(13)23(17,18)19/h4-9H,1-3H3. The molecule has 0 spiro atoms. The molecule has 0 saturated heterocycles. The fraction of sp³-hybridized carbons (Fsp3) is 0.214. The summed E-state index contributed by atoms with van der Waals surface area (Å²) < 4.78 is 44.2. The van der Waals surface area contributed by atoms with Crippen molar-refractivity contribution in [1.29, 1.82) is 0 Å². The van der Waals surface area contributed by atoms with Gasteiger partial charge in [-0.2, -0.15) is 4.28 Å². The van der Waals surface area contributed by atoms with Crippen molar-refractivity contribution in [2.24, 2.45) is 0 Å². The topological polar surface area (TPSA) is 95.7 Å². The molecule has 0 aliphatic carbocycles. The fourth-order valence-corrected chi connectivity index (χ4v) is 4.02. The van der Waals surface area contributed by atoms with Crippen molar-refractivity contribution in [2.45, 2.75) is 18.7 Å². The number of para-hydroxylation sites is 1. The van der Waals surface area contributed by atoms with E-state index >= 15 is 0 Å². The molecule has 1 atom stereocenters. The molecule has 1 aromatic carbocycles. The van der Waals surface area contributed by atoms with Gasteiger partial charge in [0.15, 0.2) is 0 Å². The molecule has 0 amide bonds. The second-order valence-electron chi connectivity index (χ2n) is 4.64. The van der Waals surface area contributed by atoms with Crippen LogP contribution in [0.5, 0.6) is 0 Å². The predicted octanol–water partition coefficient (Wildman–Crippen LogP) is 2.76. The Bertz CT molecular complexity index is 852. The number of hydrogen-bond acceptors (Lipinski definition) is 6. The van der Waals surface area contributed by atoms with Gasteiger partial charge in [-0.1, -0.05) is 12.1 Å². The van der Waals surface area contributed by atoms with Crippen LogP contribution in [-0.2, 0) is 19.1 Å². The Morgan fingerprint density at radius 1 is 1.17 bits per heavy atom. The number of ether oxygens (including phenoxy) is 1. The van der Waals surface area contributed by atoms with Gasteiger partial charge < -0.3 is 9.29 Å². The lowest BCUT2D eigenvalue weighted by Gasteiger charge is -2.13. The molecule has 0 saturated carbocycles. The summed E-state index contributed by atoms with van der Waals surface area (Å²) in [6.07, 6.45) is 3.44. The monoisotopic (exact) mass is 357 g/mol. The number of nitrogens with zero attached hydrogens (tertiary/aromatic N) is 1. The largest absolute Gasteiger partial charge is 0.744 e. The van der Waals surface area contributed by atoms with Crippen LogP contribution in [0.1, 0.15) is 13.8 Å². The summed E-state index contributed by atoms with van der Waals surface area (Å²) in [5.74, 6) is 0.632. The maximum absolute atomic E-state index is 12.2. The van der Waals surface area contributed by atoms with Crippen LogP contribution in [0.25, 0.3) is 0 Å². The van der Waals surface area contributed by atoms with Crippen molar-refractivity contribution in [2.75, 3.05) is 7.11 Å². The third-order valence-electron chi connectivity index (χ3n) is 2.99. The molecule has 124 valence electrons. The number of rotatable bonds is 5. The van der Waals surface area contributed by atoms with E-state index in [1.54, 1.807) is 26.0 Å². The van der Waals surface area contributed by atoms with Gasteiger partial charge in [0.05, 0.1) is 12.0 Å². The van der Waals surface area contributed by atoms with Gasteiger partial charge >= 0.3 is 5.69 Å². The highest BCUT2D eigenvalue weighted by molar-refractivity contribution is 8.15. The summed E-state index contributed by atoms with van der Waals surface area (Å²) in [6.45, 7) is 3.53. The van der Waals surface area contributed by atoms with E-state index in [4.69, 9.17) is 9.02 Å². The molecule has 7 nitrogen and oxygen atoms in total. The molecule has 1 aliphatic heterocycles. The minimum absolute atomic E-state index is 0.0698. The van der Waals surface area contributed by atoms with Gasteiger partial charge in [-0.05, 0) is 32.1 Å². The number of hydrogen-bond donors (Lipinski definition) is 0. The Balaban J connectivity index is 2.39. The predicted molar refractivity (Wildman–Crippen MR) is 85.9 cm³/mol. The van der Waals surface area contributed by atoms with E-state index in [0.29, 0.717) is 5.76 Å². The molecule has 0 fully saturated rings. The molecule has 1 unspecified atom stereocenters. The van der Waals surface area contributed by atoms with E-state index in [9.17, 15) is 17.9 Å². The number of allylic oxidation sites excluding steroid dienone is 3. The van der Waals surface area contributed by atoms with Crippen LogP contribution >= 0.6 is 10.8 Å². The second kappa shape index (κ2) is 6.65. The molecular weight excluding hydrogens is 342 g/mol. The molecule has 23 heavy (non-hydrogen) atoms. The van der Waals surface area contributed by atoms with Crippen molar-refractivity contribution in [3.63, 3.8) is 0 Å². The van der Waals surface area contributed by atoms with Crippen molar-refractivity contribution < 1.29 is 26.9 Å². The highest BCUT2D eigenvalue weighted by Gasteiger charge is 2.28. The maximum Gasteiger partial charge on any atom is 0.335 e. The Hall–Kier alpha value is -1.97. The molecule has 0 N–H and O–H groups in total. The molecular formula is C14H15NO6S2. The summed E-state index contributed by atoms with van der Waals surface area (Å²) in [5.41, 5.74) is -0.350. The first-order valence-electron chi connectivity index (χ1n) is 6.46. The summed E-state index contributed by atoms with van der Waals surface area (Å²) in [5, 5.41) is 0. The summed E-state index contributed by atoms with van der Waals surface area (Å²) in [7, 11) is -4.23. The Morgan fingerprint density at radius 3 is 2.39 bits per heavy atom. The van der Waals surface area contributed by atoms with Crippen LogP contribution in [0.4, 0.5) is 5.69 Å². The highest BCUT2D eigenvalue weighted by Crippen LogP contribution is 2.35. The SMILES string of the molecule is COC1=CC(C)=S(O[N+](=O)c2ccccc2S(=O)(=O)[O-])C(C)=C1. The van der Waals surface area contributed by atoms with Gasteiger partial charge in [0.2, 0.25) is 0 Å². The smallest absolute Gasteiger partial charge is 0.335 e. The van der Waals surface area contributed by atoms with E-state index < -0.39 is 25.8 Å². The zero-order valence-corrected chi connectivity index (χ0v) is 14.3. The first kappa shape index (κ1) is 17.4. The van der Waals surface area contributed by atoms with Gasteiger partial charge in [-0.25, -0.2) is 8.42 Å². The van der Waals surface area contributed by atoms with Crippen LogP contribution in [-0.4, -0.2) is 29.9 Å². The minimum atomic E-state index is -4.78. The zero-order valence-electron chi connectivity index (χ0n) is 12.7. The normalized spacial score (nSPS) is 18.1. The summed E-state index contributed by atoms with van der Waals surface area (Å²) in [6, 6.07) is 5.10. The van der Waals surface area contributed by atoms with Crippen LogP contribution < -0.4 is 0 Å². The molecule has 0 bridgehead atoms. The first-order valence-corrected chi connectivity index (χ1v) is 9.02. The molecule has 2 rings (SSSR count). The average molecular weight is 357 g/mol. The van der Waals surface area contributed by atoms with Crippen molar-refractivity contribution in [3.8, 4) is 0 Å². The van der Waals surface area contributed by atoms with Crippen molar-refractivity contribution >= 4 is 31.4 Å². The summed E-state index contributed by atoms with van der Waals surface area (Å²) in [4.78, 5) is 13.2. The molecule has 1 heterocycles. The van der Waals surface area contributed by atoms with Crippen LogP contribution in [0.2, 0.25) is 0 Å². The van der Waals surface area contributed by atoms with Gasteiger partial charge in [-0.15, -0.1) is 0 Å². The minimum Gasteiger partial charge on any atom is -0.744 e. The van der Waals surface area contributed by atoms with E-state index in [1.165, 1.54) is 25.3 Å². The number of methoxy groups -OCH3 is 1. The maximum atomic E-state index is 12.2. The molecule has 0 radical (unpaired) electrons. The zero-order chi connectivity index (χ0) is 17.2. The van der Waals surface area contributed by atoms with E-state index in [-0.39, 0.29) is 10.6 Å². The lowest BCUT2D eigenvalue weighted by molar-refractivity contribution is -0.695. The molecule has 1 aliphatic rings. The lowest BCUT2D eigenvalue weighted by Crippen LogP contribution is -2.09. The quantitative estimate of drug-likeness (QED) is 0.457. The van der Waals surface area contributed by atoms with Crippen molar-refractivity contribution in [3.05, 3.63) is 52.0 Å². The second-order valence-corrected chi connectivity index (χ2v) is 7.96. The Morgan fingerprint density at radius 2 is 1.83 bits per heavy atom. The van der Waals surface area contributed by atoms with Gasteiger partial charge in [-0.3, -0.25) is 0 Å². The highest BCUT2D eigenvalue weighted by atomic mass is 32.2. The van der Waals surface area contributed by atoms with Crippen molar-refractivity contribution in [1.82, 2.24) is 0 Å². The lowest BCUT2D eigenvalue weighted by atomic mass is 10.3. The van der Waals surface area contributed by atoms with Crippen LogP contribution in [0, 0.1) is 4.91 Å². The third kappa shape index (κ3) is 3.87.